The molecular formula is C26H31N3O5. The molecule has 3 heterocycles. The zero-order valence-electron chi connectivity index (χ0n) is 20.3. The summed E-state index contributed by atoms with van der Waals surface area (Å²) in [6.45, 7) is 6.99. The van der Waals surface area contributed by atoms with Gasteiger partial charge in [-0.15, -0.1) is 0 Å². The molecule has 1 aliphatic rings. The number of morpholine rings is 1. The molecule has 0 radical (unpaired) electrons. The van der Waals surface area contributed by atoms with Gasteiger partial charge in [-0.05, 0) is 57.0 Å². The van der Waals surface area contributed by atoms with Gasteiger partial charge in [-0.3, -0.25) is 4.79 Å². The maximum absolute atomic E-state index is 13.3. The van der Waals surface area contributed by atoms with Crippen LogP contribution in [0.4, 0.5) is 0 Å². The number of hydrogen-bond acceptors (Lipinski definition) is 6. The minimum atomic E-state index is -0.567. The Labute approximate surface area is 199 Å². The first kappa shape index (κ1) is 23.8. The summed E-state index contributed by atoms with van der Waals surface area (Å²) in [5.74, 6) is 0.0266. The smallest absolute Gasteiger partial charge is 0.338 e. The van der Waals surface area contributed by atoms with Crippen LogP contribution < -0.4 is 4.74 Å². The Hall–Kier alpha value is -3.39. The highest BCUT2D eigenvalue weighted by molar-refractivity contribution is 5.96. The molecule has 8 nitrogen and oxygen atoms in total. The molecule has 2 aromatic heterocycles. The topological polar surface area (TPSA) is 82.9 Å². The third-order valence-corrected chi connectivity index (χ3v) is 5.84. The maximum Gasteiger partial charge on any atom is 0.338 e. The van der Waals surface area contributed by atoms with Crippen LogP contribution in [-0.4, -0.2) is 64.8 Å². The molecule has 0 spiro atoms. The highest BCUT2D eigenvalue weighted by Crippen LogP contribution is 2.27. The molecule has 0 unspecified atom stereocenters. The number of esters is 1. The molecule has 0 N–H and O–H groups in total. The van der Waals surface area contributed by atoms with Gasteiger partial charge in [0.1, 0.15) is 5.60 Å². The number of carbonyl (C=O) groups is 2. The molecule has 0 bridgehead atoms. The van der Waals surface area contributed by atoms with E-state index in [1.807, 2.05) is 49.4 Å². The molecule has 8 heteroatoms. The Balaban J connectivity index is 1.61. The van der Waals surface area contributed by atoms with Gasteiger partial charge in [-0.2, -0.15) is 0 Å². The number of pyridine rings is 1. The van der Waals surface area contributed by atoms with E-state index in [0.717, 1.165) is 16.5 Å². The van der Waals surface area contributed by atoms with Gasteiger partial charge in [-0.1, -0.05) is 0 Å². The predicted molar refractivity (Wildman–Crippen MR) is 128 cm³/mol. The summed E-state index contributed by atoms with van der Waals surface area (Å²) in [6, 6.07) is 8.87. The Morgan fingerprint density at radius 2 is 1.94 bits per heavy atom. The van der Waals surface area contributed by atoms with E-state index in [2.05, 4.69) is 11.2 Å². The van der Waals surface area contributed by atoms with Crippen LogP contribution in [0.1, 0.15) is 47.1 Å². The van der Waals surface area contributed by atoms with E-state index in [9.17, 15) is 9.59 Å². The highest BCUT2D eigenvalue weighted by Gasteiger charge is 2.29. The van der Waals surface area contributed by atoms with Crippen molar-refractivity contribution < 1.29 is 23.8 Å². The quantitative estimate of drug-likeness (QED) is 0.535. The monoisotopic (exact) mass is 465 g/mol. The minimum Gasteiger partial charge on any atom is -0.481 e. The Bertz CT molecular complexity index is 1190. The van der Waals surface area contributed by atoms with Crippen LogP contribution in [0, 0.1) is 0 Å². The Morgan fingerprint density at radius 1 is 1.18 bits per heavy atom. The highest BCUT2D eigenvalue weighted by atomic mass is 16.6. The summed E-state index contributed by atoms with van der Waals surface area (Å²) in [5.41, 5.74) is 2.51. The number of aromatic nitrogens is 2. The third-order valence-electron chi connectivity index (χ3n) is 5.84. The van der Waals surface area contributed by atoms with E-state index in [-0.39, 0.29) is 17.9 Å². The van der Waals surface area contributed by atoms with Crippen molar-refractivity contribution >= 4 is 22.8 Å². The van der Waals surface area contributed by atoms with Gasteiger partial charge in [0.15, 0.2) is 0 Å². The second-order valence-electron chi connectivity index (χ2n) is 9.52. The standard InChI is InChI=1S/C26H31N3O5/c1-26(2,3)34-25(31)17-6-8-22-21(13-17)19(15-28(22)4)12-20-16-33-11-10-29(20)24(30)18-7-9-23(32-5)27-14-18/h6-9,13-15,20H,10-12,16H2,1-5H3/t20-/m0/s1. The summed E-state index contributed by atoms with van der Waals surface area (Å²) < 4.78 is 18.4. The first-order valence-electron chi connectivity index (χ1n) is 11.4. The number of benzene rings is 1. The number of rotatable bonds is 5. The molecule has 1 saturated heterocycles. The number of amides is 1. The van der Waals surface area contributed by atoms with E-state index in [0.29, 0.717) is 43.2 Å². The molecular weight excluding hydrogens is 434 g/mol. The van der Waals surface area contributed by atoms with E-state index in [1.165, 1.54) is 0 Å². The Kier molecular flexibility index (Phi) is 6.61. The number of ether oxygens (including phenoxy) is 3. The van der Waals surface area contributed by atoms with Gasteiger partial charge in [0.25, 0.3) is 5.91 Å². The molecule has 3 aromatic rings. The first-order chi connectivity index (χ1) is 16.2. The molecule has 180 valence electrons. The molecule has 1 aliphatic heterocycles. The zero-order chi connectivity index (χ0) is 24.5. The van der Waals surface area contributed by atoms with Crippen molar-refractivity contribution in [2.75, 3.05) is 26.9 Å². The fourth-order valence-electron chi connectivity index (χ4n) is 4.24. The Morgan fingerprint density at radius 3 is 2.62 bits per heavy atom. The van der Waals surface area contributed by atoms with Crippen LogP contribution in [0.25, 0.3) is 10.9 Å². The molecule has 1 amide bonds. The number of fused-ring (bicyclic) bond motifs is 1. The van der Waals surface area contributed by atoms with Crippen molar-refractivity contribution in [3.05, 3.63) is 59.4 Å². The lowest BCUT2D eigenvalue weighted by molar-refractivity contribution is -0.00159. The fourth-order valence-corrected chi connectivity index (χ4v) is 4.24. The molecule has 1 aromatic carbocycles. The zero-order valence-corrected chi connectivity index (χ0v) is 20.3. The van der Waals surface area contributed by atoms with Crippen LogP contribution in [0.3, 0.4) is 0 Å². The molecule has 4 rings (SSSR count). The largest absolute Gasteiger partial charge is 0.481 e. The summed E-state index contributed by atoms with van der Waals surface area (Å²) in [7, 11) is 3.52. The number of methoxy groups -OCH3 is 1. The van der Waals surface area contributed by atoms with Crippen molar-refractivity contribution in [2.24, 2.45) is 7.05 Å². The minimum absolute atomic E-state index is 0.0851. The summed E-state index contributed by atoms with van der Waals surface area (Å²) in [6.07, 6.45) is 4.19. The van der Waals surface area contributed by atoms with Gasteiger partial charge < -0.3 is 23.7 Å². The molecule has 1 fully saturated rings. The van der Waals surface area contributed by atoms with Gasteiger partial charge in [0, 0.05) is 43.0 Å². The lowest BCUT2D eigenvalue weighted by atomic mass is 10.0. The van der Waals surface area contributed by atoms with Gasteiger partial charge >= 0.3 is 5.97 Å². The van der Waals surface area contributed by atoms with Crippen LogP contribution in [-0.2, 0) is 22.9 Å². The molecule has 34 heavy (non-hydrogen) atoms. The van der Waals surface area contributed by atoms with Crippen molar-refractivity contribution in [1.29, 1.82) is 0 Å². The number of aryl methyl sites for hydroxylation is 1. The second kappa shape index (κ2) is 9.46. The lowest BCUT2D eigenvalue weighted by Gasteiger charge is -2.35. The van der Waals surface area contributed by atoms with Crippen molar-refractivity contribution in [2.45, 2.75) is 38.8 Å². The number of carbonyl (C=O) groups excluding carboxylic acids is 2. The summed E-state index contributed by atoms with van der Waals surface area (Å²) >= 11 is 0. The van der Waals surface area contributed by atoms with E-state index < -0.39 is 5.60 Å². The SMILES string of the molecule is COc1ccc(C(=O)N2CCOC[C@@H]2Cc2cn(C)c3ccc(C(=O)OC(C)(C)C)cc23)cn1. The average molecular weight is 466 g/mol. The van der Waals surface area contributed by atoms with Crippen molar-refractivity contribution in [3.8, 4) is 5.88 Å². The normalized spacial score (nSPS) is 16.5. The van der Waals surface area contributed by atoms with E-state index in [4.69, 9.17) is 14.2 Å². The molecule has 1 atom stereocenters. The van der Waals surface area contributed by atoms with Crippen LogP contribution in [0.15, 0.2) is 42.7 Å². The second-order valence-corrected chi connectivity index (χ2v) is 9.52. The average Bonchev–Trinajstić information content (AvgIpc) is 3.12. The number of nitrogens with zero attached hydrogens (tertiary/aromatic N) is 3. The van der Waals surface area contributed by atoms with Gasteiger partial charge in [0.05, 0.1) is 37.5 Å². The molecule has 0 saturated carbocycles. The van der Waals surface area contributed by atoms with Crippen LogP contribution in [0.2, 0.25) is 0 Å². The van der Waals surface area contributed by atoms with Crippen LogP contribution in [0.5, 0.6) is 5.88 Å². The predicted octanol–water partition coefficient (Wildman–Crippen LogP) is 3.62. The van der Waals surface area contributed by atoms with Crippen molar-refractivity contribution in [1.82, 2.24) is 14.5 Å². The maximum atomic E-state index is 13.3. The van der Waals surface area contributed by atoms with Crippen LogP contribution >= 0.6 is 0 Å². The van der Waals surface area contributed by atoms with Crippen molar-refractivity contribution in [3.63, 3.8) is 0 Å². The van der Waals surface area contributed by atoms with E-state index in [1.54, 1.807) is 31.5 Å². The molecule has 0 aliphatic carbocycles. The number of hydrogen-bond donors (Lipinski definition) is 0. The summed E-state index contributed by atoms with van der Waals surface area (Å²) in [5, 5.41) is 0.968. The summed E-state index contributed by atoms with van der Waals surface area (Å²) in [4.78, 5) is 31.9. The van der Waals surface area contributed by atoms with Gasteiger partial charge in [-0.25, -0.2) is 9.78 Å². The fraction of sp³-hybridized carbons (Fsp3) is 0.423. The lowest BCUT2D eigenvalue weighted by Crippen LogP contribution is -2.49. The van der Waals surface area contributed by atoms with E-state index >= 15 is 0 Å². The van der Waals surface area contributed by atoms with Gasteiger partial charge in [0.2, 0.25) is 5.88 Å². The third kappa shape index (κ3) is 5.07. The first-order valence-corrected chi connectivity index (χ1v) is 11.4.